The second-order valence-corrected chi connectivity index (χ2v) is 3.63. The van der Waals surface area contributed by atoms with Gasteiger partial charge in [-0.3, -0.25) is 10.4 Å². The Bertz CT molecular complexity index is 298. The number of hydrazone groups is 1. The number of hydrogen-bond acceptors (Lipinski definition) is 4. The van der Waals surface area contributed by atoms with Crippen LogP contribution in [0.1, 0.15) is 5.56 Å². The molecule has 1 heterocycles. The average Bonchev–Trinajstić information content (AvgIpc) is 2.19. The highest BCUT2D eigenvalue weighted by Gasteiger charge is 1.87. The van der Waals surface area contributed by atoms with Crippen LogP contribution in [0.5, 0.6) is 0 Å². The molecule has 0 radical (unpaired) electrons. The van der Waals surface area contributed by atoms with Crippen LogP contribution in [0.25, 0.3) is 0 Å². The molecular weight excluding hydrogens is 202 g/mol. The van der Waals surface area contributed by atoms with E-state index in [0.29, 0.717) is 4.32 Å². The quantitative estimate of drug-likeness (QED) is 0.458. The number of nitrogens with one attached hydrogen (secondary N) is 1. The fraction of sp³-hybridized carbons (Fsp3) is 0.125. The van der Waals surface area contributed by atoms with Gasteiger partial charge >= 0.3 is 0 Å². The number of thioether (sulfide) groups is 1. The fourth-order valence-electron chi connectivity index (χ4n) is 0.655. The first-order valence-electron chi connectivity index (χ1n) is 3.60. The second-order valence-electron chi connectivity index (χ2n) is 2.14. The lowest BCUT2D eigenvalue weighted by Crippen LogP contribution is -2.10. The Morgan fingerprint density at radius 2 is 2.31 bits per heavy atom. The number of hydrogen-bond donors (Lipinski definition) is 1. The number of thiocarbonyl (C=S) groups is 1. The van der Waals surface area contributed by atoms with Crippen molar-refractivity contribution >= 4 is 34.5 Å². The molecule has 0 saturated heterocycles. The van der Waals surface area contributed by atoms with E-state index in [4.69, 9.17) is 12.2 Å². The van der Waals surface area contributed by atoms with Gasteiger partial charge in [0, 0.05) is 12.4 Å². The molecule has 1 N–H and O–H groups in total. The first kappa shape index (κ1) is 10.1. The summed E-state index contributed by atoms with van der Waals surface area (Å²) < 4.78 is 0.658. The van der Waals surface area contributed by atoms with Crippen molar-refractivity contribution in [3.63, 3.8) is 0 Å². The van der Waals surface area contributed by atoms with Crippen LogP contribution in [0.2, 0.25) is 0 Å². The lowest BCUT2D eigenvalue weighted by atomic mass is 10.3. The van der Waals surface area contributed by atoms with E-state index in [1.807, 2.05) is 18.4 Å². The Morgan fingerprint density at radius 3 is 2.92 bits per heavy atom. The lowest BCUT2D eigenvalue weighted by Gasteiger charge is -1.96. The second kappa shape index (κ2) is 5.66. The predicted molar refractivity (Wildman–Crippen MR) is 61.1 cm³/mol. The number of pyridine rings is 1. The maximum Gasteiger partial charge on any atom is 0.153 e. The lowest BCUT2D eigenvalue weighted by molar-refractivity contribution is 1.07. The fourth-order valence-corrected chi connectivity index (χ4v) is 0.851. The van der Waals surface area contributed by atoms with E-state index in [1.54, 1.807) is 18.6 Å². The number of rotatable bonds is 2. The van der Waals surface area contributed by atoms with Gasteiger partial charge in [-0.25, -0.2) is 0 Å². The molecule has 0 unspecified atom stereocenters. The molecule has 0 saturated carbocycles. The topological polar surface area (TPSA) is 37.3 Å². The molecule has 0 amide bonds. The zero-order valence-electron chi connectivity index (χ0n) is 7.10. The standard InChI is InChI=1S/C8H9N3S2/c1-13-8(12)11-10-6-7-2-4-9-5-3-7/h2-6H,1H3,(H,11,12). The molecule has 0 spiro atoms. The Hall–Kier alpha value is -0.940. The molecule has 0 aromatic carbocycles. The molecule has 0 aliphatic carbocycles. The van der Waals surface area contributed by atoms with Crippen molar-refractivity contribution in [1.82, 2.24) is 10.4 Å². The maximum atomic E-state index is 4.90. The van der Waals surface area contributed by atoms with Crippen molar-refractivity contribution < 1.29 is 0 Å². The molecule has 3 nitrogen and oxygen atoms in total. The molecule has 0 aliphatic heterocycles. The van der Waals surface area contributed by atoms with E-state index in [1.165, 1.54) is 11.8 Å². The van der Waals surface area contributed by atoms with E-state index in [-0.39, 0.29) is 0 Å². The van der Waals surface area contributed by atoms with Crippen molar-refractivity contribution in [1.29, 1.82) is 0 Å². The highest BCUT2D eigenvalue weighted by molar-refractivity contribution is 8.22. The van der Waals surface area contributed by atoms with Gasteiger partial charge < -0.3 is 0 Å². The van der Waals surface area contributed by atoms with Gasteiger partial charge in [0.05, 0.1) is 6.21 Å². The largest absolute Gasteiger partial charge is 0.265 e. The SMILES string of the molecule is CSC(=S)NN=Cc1ccncc1. The van der Waals surface area contributed by atoms with Crippen LogP contribution in [0.15, 0.2) is 29.6 Å². The highest BCUT2D eigenvalue weighted by atomic mass is 32.2. The Balaban J connectivity index is 2.45. The third-order valence-electron chi connectivity index (χ3n) is 1.26. The minimum absolute atomic E-state index is 0.658. The molecular formula is C8H9N3S2. The summed E-state index contributed by atoms with van der Waals surface area (Å²) in [6.45, 7) is 0. The van der Waals surface area contributed by atoms with Crippen LogP contribution in [-0.4, -0.2) is 21.8 Å². The predicted octanol–water partition coefficient (Wildman–Crippen LogP) is 1.65. The van der Waals surface area contributed by atoms with Crippen LogP contribution in [-0.2, 0) is 0 Å². The summed E-state index contributed by atoms with van der Waals surface area (Å²) in [7, 11) is 0. The van der Waals surface area contributed by atoms with Gasteiger partial charge in [-0.1, -0.05) is 24.0 Å². The summed E-state index contributed by atoms with van der Waals surface area (Å²) in [4.78, 5) is 3.89. The molecule has 1 aromatic heterocycles. The minimum atomic E-state index is 0.658. The number of aromatic nitrogens is 1. The van der Waals surface area contributed by atoms with Gasteiger partial charge in [0.15, 0.2) is 4.32 Å². The Morgan fingerprint density at radius 1 is 1.62 bits per heavy atom. The smallest absolute Gasteiger partial charge is 0.153 e. The molecule has 1 rings (SSSR count). The molecule has 0 atom stereocenters. The van der Waals surface area contributed by atoms with Gasteiger partial charge in [0.2, 0.25) is 0 Å². The van der Waals surface area contributed by atoms with E-state index in [9.17, 15) is 0 Å². The van der Waals surface area contributed by atoms with E-state index < -0.39 is 0 Å². The molecule has 5 heteroatoms. The Labute approximate surface area is 86.6 Å². The van der Waals surface area contributed by atoms with Crippen LogP contribution < -0.4 is 5.43 Å². The van der Waals surface area contributed by atoms with E-state index >= 15 is 0 Å². The molecule has 0 bridgehead atoms. The van der Waals surface area contributed by atoms with Gasteiger partial charge in [-0.05, 0) is 24.0 Å². The summed E-state index contributed by atoms with van der Waals surface area (Å²) in [5.74, 6) is 0. The van der Waals surface area contributed by atoms with Gasteiger partial charge in [-0.15, -0.1) is 0 Å². The van der Waals surface area contributed by atoms with Crippen molar-refractivity contribution in [3.05, 3.63) is 30.1 Å². The molecule has 13 heavy (non-hydrogen) atoms. The minimum Gasteiger partial charge on any atom is -0.265 e. The summed E-state index contributed by atoms with van der Waals surface area (Å²) >= 11 is 6.35. The third-order valence-corrected chi connectivity index (χ3v) is 2.31. The normalized spacial score (nSPS) is 10.2. The maximum absolute atomic E-state index is 4.90. The van der Waals surface area contributed by atoms with Crippen LogP contribution in [0.4, 0.5) is 0 Å². The molecule has 68 valence electrons. The van der Waals surface area contributed by atoms with Crippen molar-refractivity contribution in [2.24, 2.45) is 5.10 Å². The molecule has 0 fully saturated rings. The number of nitrogens with zero attached hydrogens (tertiary/aromatic N) is 2. The monoisotopic (exact) mass is 211 g/mol. The summed E-state index contributed by atoms with van der Waals surface area (Å²) in [5.41, 5.74) is 3.72. The molecule has 0 aliphatic rings. The molecule has 1 aromatic rings. The van der Waals surface area contributed by atoms with Gasteiger partial charge in [-0.2, -0.15) is 5.10 Å². The highest BCUT2D eigenvalue weighted by Crippen LogP contribution is 1.94. The first-order valence-corrected chi connectivity index (χ1v) is 5.23. The zero-order chi connectivity index (χ0) is 9.52. The first-order chi connectivity index (χ1) is 6.33. The Kier molecular flexibility index (Phi) is 4.42. The van der Waals surface area contributed by atoms with Gasteiger partial charge in [0.25, 0.3) is 0 Å². The van der Waals surface area contributed by atoms with Crippen LogP contribution in [0, 0.1) is 0 Å². The van der Waals surface area contributed by atoms with Crippen LogP contribution >= 0.6 is 24.0 Å². The van der Waals surface area contributed by atoms with Gasteiger partial charge in [0.1, 0.15) is 0 Å². The summed E-state index contributed by atoms with van der Waals surface area (Å²) in [5, 5.41) is 3.95. The van der Waals surface area contributed by atoms with Crippen molar-refractivity contribution in [3.8, 4) is 0 Å². The van der Waals surface area contributed by atoms with E-state index in [0.717, 1.165) is 5.56 Å². The van der Waals surface area contributed by atoms with Crippen molar-refractivity contribution in [2.45, 2.75) is 0 Å². The zero-order valence-corrected chi connectivity index (χ0v) is 8.73. The average molecular weight is 211 g/mol. The van der Waals surface area contributed by atoms with Crippen molar-refractivity contribution in [2.75, 3.05) is 6.26 Å². The summed E-state index contributed by atoms with van der Waals surface area (Å²) in [6, 6.07) is 3.74. The van der Waals surface area contributed by atoms with Crippen LogP contribution in [0.3, 0.4) is 0 Å². The van der Waals surface area contributed by atoms with E-state index in [2.05, 4.69) is 15.5 Å². The summed E-state index contributed by atoms with van der Waals surface area (Å²) in [6.07, 6.45) is 7.03. The third kappa shape index (κ3) is 4.00.